The molecule has 1 saturated carbocycles. The molecule has 0 aromatic heterocycles. The summed E-state index contributed by atoms with van der Waals surface area (Å²) in [6, 6.07) is 10.6. The van der Waals surface area contributed by atoms with E-state index in [9.17, 15) is 0 Å². The van der Waals surface area contributed by atoms with E-state index in [4.69, 9.17) is 0 Å². The van der Waals surface area contributed by atoms with E-state index in [1.807, 2.05) is 6.08 Å². The average molecular weight is 170 g/mol. The highest BCUT2D eigenvalue weighted by molar-refractivity contribution is 5.70. The lowest BCUT2D eigenvalue weighted by molar-refractivity contribution is 1.15. The molecule has 0 spiro atoms. The highest BCUT2D eigenvalue weighted by Crippen LogP contribution is 2.41. The van der Waals surface area contributed by atoms with Crippen molar-refractivity contribution < 1.29 is 0 Å². The van der Waals surface area contributed by atoms with Gasteiger partial charge < -0.3 is 0 Å². The van der Waals surface area contributed by atoms with E-state index >= 15 is 0 Å². The van der Waals surface area contributed by atoms with Gasteiger partial charge in [-0.05, 0) is 29.9 Å². The molecule has 13 heavy (non-hydrogen) atoms. The highest BCUT2D eigenvalue weighted by Gasteiger charge is 2.25. The minimum Gasteiger partial charge on any atom is -0.0991 e. The third kappa shape index (κ3) is 1.89. The van der Waals surface area contributed by atoms with Gasteiger partial charge in [0.15, 0.2) is 0 Å². The van der Waals surface area contributed by atoms with Crippen LogP contribution in [0.5, 0.6) is 0 Å². The van der Waals surface area contributed by atoms with Gasteiger partial charge in [-0.2, -0.15) is 0 Å². The summed E-state index contributed by atoms with van der Waals surface area (Å²) in [4.78, 5) is 0. The van der Waals surface area contributed by atoms with Gasteiger partial charge >= 0.3 is 0 Å². The van der Waals surface area contributed by atoms with E-state index in [1.54, 1.807) is 0 Å². The molecule has 66 valence electrons. The second kappa shape index (κ2) is 3.61. The third-order valence-corrected chi connectivity index (χ3v) is 2.42. The molecule has 0 radical (unpaired) electrons. The summed E-state index contributed by atoms with van der Waals surface area (Å²) in [6.07, 6.45) is 6.72. The second-order valence-electron chi connectivity index (χ2n) is 3.50. The summed E-state index contributed by atoms with van der Waals surface area (Å²) >= 11 is 0. The summed E-state index contributed by atoms with van der Waals surface area (Å²) < 4.78 is 0. The smallest absolute Gasteiger partial charge is 0.0156 e. The standard InChI is InChI=1S/C13H14/c1-2-6-13(12-9-10-12)11-7-4-3-5-8-11/h2-8,12H,1,9-10H2/b13-6-. The quantitative estimate of drug-likeness (QED) is 0.607. The van der Waals surface area contributed by atoms with E-state index in [2.05, 4.69) is 43.0 Å². The summed E-state index contributed by atoms with van der Waals surface area (Å²) in [5.41, 5.74) is 2.81. The van der Waals surface area contributed by atoms with Gasteiger partial charge in [0, 0.05) is 0 Å². The first-order valence-corrected chi connectivity index (χ1v) is 4.80. The van der Waals surface area contributed by atoms with Crippen molar-refractivity contribution in [3.63, 3.8) is 0 Å². The lowest BCUT2D eigenvalue weighted by atomic mass is 10.0. The van der Waals surface area contributed by atoms with Crippen molar-refractivity contribution in [1.82, 2.24) is 0 Å². The van der Waals surface area contributed by atoms with E-state index in [0.717, 1.165) is 5.92 Å². The molecule has 2 rings (SSSR count). The van der Waals surface area contributed by atoms with Crippen LogP contribution in [-0.4, -0.2) is 0 Å². The summed E-state index contributed by atoms with van der Waals surface area (Å²) in [5.74, 6) is 0.792. The lowest BCUT2D eigenvalue weighted by Gasteiger charge is -2.04. The van der Waals surface area contributed by atoms with E-state index in [0.29, 0.717) is 0 Å². The van der Waals surface area contributed by atoms with E-state index in [1.165, 1.54) is 24.0 Å². The van der Waals surface area contributed by atoms with Crippen molar-refractivity contribution in [2.24, 2.45) is 5.92 Å². The van der Waals surface area contributed by atoms with Crippen molar-refractivity contribution in [3.8, 4) is 0 Å². The van der Waals surface area contributed by atoms with Crippen molar-refractivity contribution in [1.29, 1.82) is 0 Å². The maximum absolute atomic E-state index is 3.76. The Morgan fingerprint density at radius 1 is 1.23 bits per heavy atom. The number of hydrogen-bond donors (Lipinski definition) is 0. The molecule has 1 fully saturated rings. The fraction of sp³-hybridized carbons (Fsp3) is 0.231. The monoisotopic (exact) mass is 170 g/mol. The van der Waals surface area contributed by atoms with Crippen LogP contribution in [0.3, 0.4) is 0 Å². The summed E-state index contributed by atoms with van der Waals surface area (Å²) in [7, 11) is 0. The first-order valence-electron chi connectivity index (χ1n) is 4.80. The Labute approximate surface area is 79.6 Å². The van der Waals surface area contributed by atoms with Crippen LogP contribution in [0.4, 0.5) is 0 Å². The van der Waals surface area contributed by atoms with Crippen LogP contribution in [0.1, 0.15) is 18.4 Å². The predicted octanol–water partition coefficient (Wildman–Crippen LogP) is 3.67. The molecule has 1 aliphatic carbocycles. The summed E-state index contributed by atoms with van der Waals surface area (Å²) in [5, 5.41) is 0. The van der Waals surface area contributed by atoms with Gasteiger partial charge in [-0.1, -0.05) is 49.1 Å². The number of allylic oxidation sites excluding steroid dienone is 3. The number of benzene rings is 1. The topological polar surface area (TPSA) is 0 Å². The van der Waals surface area contributed by atoms with Crippen molar-refractivity contribution >= 4 is 5.57 Å². The molecular formula is C13H14. The Balaban J connectivity index is 2.30. The normalized spacial score (nSPS) is 17.1. The molecule has 0 heteroatoms. The minimum atomic E-state index is 0.792. The molecule has 0 saturated heterocycles. The molecule has 0 nitrogen and oxygen atoms in total. The lowest BCUT2D eigenvalue weighted by Crippen LogP contribution is -1.85. The molecule has 0 bridgehead atoms. The first-order chi connectivity index (χ1) is 6.42. The molecule has 0 N–H and O–H groups in total. The Bertz CT molecular complexity index is 315. The van der Waals surface area contributed by atoms with Crippen LogP contribution < -0.4 is 0 Å². The van der Waals surface area contributed by atoms with Gasteiger partial charge in [0.25, 0.3) is 0 Å². The van der Waals surface area contributed by atoms with Crippen LogP contribution in [-0.2, 0) is 0 Å². The zero-order valence-corrected chi connectivity index (χ0v) is 7.74. The van der Waals surface area contributed by atoms with Crippen molar-refractivity contribution in [2.45, 2.75) is 12.8 Å². The number of rotatable bonds is 3. The predicted molar refractivity (Wildman–Crippen MR) is 57.3 cm³/mol. The Morgan fingerprint density at radius 2 is 1.92 bits per heavy atom. The zero-order chi connectivity index (χ0) is 9.10. The van der Waals surface area contributed by atoms with Gasteiger partial charge in [-0.15, -0.1) is 0 Å². The molecule has 0 amide bonds. The van der Waals surface area contributed by atoms with Gasteiger partial charge in [0.2, 0.25) is 0 Å². The second-order valence-corrected chi connectivity index (χ2v) is 3.50. The van der Waals surface area contributed by atoms with Gasteiger partial charge in [-0.25, -0.2) is 0 Å². The largest absolute Gasteiger partial charge is 0.0991 e. The van der Waals surface area contributed by atoms with Crippen molar-refractivity contribution in [2.75, 3.05) is 0 Å². The molecule has 1 aromatic rings. The summed E-state index contributed by atoms with van der Waals surface area (Å²) in [6.45, 7) is 3.76. The molecule has 0 heterocycles. The van der Waals surface area contributed by atoms with Crippen LogP contribution >= 0.6 is 0 Å². The molecule has 0 aliphatic heterocycles. The fourth-order valence-electron chi connectivity index (χ4n) is 1.62. The van der Waals surface area contributed by atoms with Crippen LogP contribution in [0, 0.1) is 5.92 Å². The van der Waals surface area contributed by atoms with Gasteiger partial charge in [-0.3, -0.25) is 0 Å². The van der Waals surface area contributed by atoms with E-state index in [-0.39, 0.29) is 0 Å². The van der Waals surface area contributed by atoms with E-state index < -0.39 is 0 Å². The molecule has 0 atom stereocenters. The maximum Gasteiger partial charge on any atom is -0.0156 e. The van der Waals surface area contributed by atoms with Crippen LogP contribution in [0.25, 0.3) is 5.57 Å². The van der Waals surface area contributed by atoms with Gasteiger partial charge in [0.1, 0.15) is 0 Å². The fourth-order valence-corrected chi connectivity index (χ4v) is 1.62. The maximum atomic E-state index is 3.76. The SMILES string of the molecule is C=C/C=C(/c1ccccc1)C1CC1. The van der Waals surface area contributed by atoms with Gasteiger partial charge in [0.05, 0.1) is 0 Å². The Hall–Kier alpha value is -1.30. The van der Waals surface area contributed by atoms with Crippen molar-refractivity contribution in [3.05, 3.63) is 54.6 Å². The first kappa shape index (κ1) is 8.31. The van der Waals surface area contributed by atoms with Crippen LogP contribution in [0.15, 0.2) is 49.1 Å². The molecule has 1 aliphatic rings. The zero-order valence-electron chi connectivity index (χ0n) is 7.74. The third-order valence-electron chi connectivity index (χ3n) is 2.42. The Kier molecular flexibility index (Phi) is 2.31. The minimum absolute atomic E-state index is 0.792. The average Bonchev–Trinajstić information content (AvgIpc) is 2.99. The molecule has 1 aromatic carbocycles. The number of hydrogen-bond acceptors (Lipinski definition) is 0. The van der Waals surface area contributed by atoms with Crippen LogP contribution in [0.2, 0.25) is 0 Å². The molecule has 0 unspecified atom stereocenters. The highest BCUT2D eigenvalue weighted by atomic mass is 14.3. The Morgan fingerprint density at radius 3 is 2.46 bits per heavy atom. The molecular weight excluding hydrogens is 156 g/mol.